The molecule has 0 aliphatic carbocycles. The number of halogens is 4. The molecule has 0 saturated carbocycles. The van der Waals surface area contributed by atoms with E-state index in [-0.39, 0.29) is 36.4 Å². The summed E-state index contributed by atoms with van der Waals surface area (Å²) in [7, 11) is 0. The van der Waals surface area contributed by atoms with Gasteiger partial charge in [0.2, 0.25) is 5.91 Å². The SMILES string of the molecule is Cc1cc(C(F)(F)F)nn1CC(=O)N1CCC(c2nc(C(=O)OCc3ccccc3Br)cs2)CC1. The van der Waals surface area contributed by atoms with Crippen LogP contribution in [0.3, 0.4) is 0 Å². The lowest BCUT2D eigenvalue weighted by atomic mass is 9.97. The molecule has 4 rings (SSSR count). The zero-order valence-corrected chi connectivity index (χ0v) is 21.1. The van der Waals surface area contributed by atoms with Crippen molar-refractivity contribution in [1.82, 2.24) is 19.7 Å². The van der Waals surface area contributed by atoms with Gasteiger partial charge >= 0.3 is 12.1 Å². The van der Waals surface area contributed by atoms with Crippen LogP contribution in [0, 0.1) is 6.92 Å². The number of carbonyl (C=O) groups is 2. The Morgan fingerprint density at radius 2 is 1.94 bits per heavy atom. The molecule has 2 aromatic heterocycles. The molecule has 0 spiro atoms. The smallest absolute Gasteiger partial charge is 0.435 e. The van der Waals surface area contributed by atoms with Crippen LogP contribution in [0.4, 0.5) is 13.2 Å². The number of alkyl halides is 3. The number of aromatic nitrogens is 3. The third-order valence-electron chi connectivity index (χ3n) is 5.80. The topological polar surface area (TPSA) is 77.3 Å². The summed E-state index contributed by atoms with van der Waals surface area (Å²) in [6.07, 6.45) is -3.25. The molecule has 3 heterocycles. The van der Waals surface area contributed by atoms with Gasteiger partial charge in [-0.1, -0.05) is 34.1 Å². The number of amides is 1. The minimum Gasteiger partial charge on any atom is -0.456 e. The number of aryl methyl sites for hydroxylation is 1. The Hall–Kier alpha value is -2.73. The van der Waals surface area contributed by atoms with Crippen LogP contribution in [0.5, 0.6) is 0 Å². The van der Waals surface area contributed by atoms with E-state index in [1.165, 1.54) is 18.3 Å². The van der Waals surface area contributed by atoms with Crippen molar-refractivity contribution in [3.05, 3.63) is 67.8 Å². The molecule has 3 aromatic rings. The molecule has 35 heavy (non-hydrogen) atoms. The maximum absolute atomic E-state index is 12.9. The van der Waals surface area contributed by atoms with Gasteiger partial charge in [-0.05, 0) is 31.9 Å². The highest BCUT2D eigenvalue weighted by Gasteiger charge is 2.35. The molecule has 1 amide bonds. The summed E-state index contributed by atoms with van der Waals surface area (Å²) in [5.41, 5.74) is 0.386. The third-order valence-corrected chi connectivity index (χ3v) is 7.58. The van der Waals surface area contributed by atoms with Crippen LogP contribution < -0.4 is 0 Å². The van der Waals surface area contributed by atoms with E-state index >= 15 is 0 Å². The molecule has 1 saturated heterocycles. The Kier molecular flexibility index (Phi) is 7.60. The number of thiazole rings is 1. The third kappa shape index (κ3) is 6.10. The van der Waals surface area contributed by atoms with E-state index in [1.54, 1.807) is 10.3 Å². The Morgan fingerprint density at radius 1 is 1.23 bits per heavy atom. The first kappa shape index (κ1) is 25.4. The van der Waals surface area contributed by atoms with E-state index in [2.05, 4.69) is 26.0 Å². The van der Waals surface area contributed by atoms with Gasteiger partial charge < -0.3 is 9.64 Å². The molecule has 1 aliphatic heterocycles. The van der Waals surface area contributed by atoms with E-state index in [9.17, 15) is 22.8 Å². The minimum absolute atomic E-state index is 0.0946. The maximum atomic E-state index is 12.9. The van der Waals surface area contributed by atoms with Crippen LogP contribution >= 0.6 is 27.3 Å². The predicted molar refractivity (Wildman–Crippen MR) is 126 cm³/mol. The average Bonchev–Trinajstić information content (AvgIpc) is 3.46. The van der Waals surface area contributed by atoms with E-state index in [4.69, 9.17) is 4.74 Å². The second-order valence-electron chi connectivity index (χ2n) is 8.22. The number of likely N-dealkylation sites (tertiary alicyclic amines) is 1. The van der Waals surface area contributed by atoms with E-state index in [0.29, 0.717) is 25.9 Å². The van der Waals surface area contributed by atoms with Gasteiger partial charge in [0.15, 0.2) is 11.4 Å². The number of ether oxygens (including phenoxy) is 1. The van der Waals surface area contributed by atoms with Crippen molar-refractivity contribution in [1.29, 1.82) is 0 Å². The largest absolute Gasteiger partial charge is 0.456 e. The first-order valence-electron chi connectivity index (χ1n) is 10.9. The zero-order valence-electron chi connectivity index (χ0n) is 18.7. The second-order valence-corrected chi connectivity index (χ2v) is 9.96. The molecule has 1 aliphatic rings. The summed E-state index contributed by atoms with van der Waals surface area (Å²) >= 11 is 4.80. The molecule has 0 N–H and O–H groups in total. The highest BCUT2D eigenvalue weighted by molar-refractivity contribution is 9.10. The fourth-order valence-corrected chi connectivity index (χ4v) is 5.17. The van der Waals surface area contributed by atoms with Crippen molar-refractivity contribution in [2.45, 2.75) is 45.0 Å². The number of rotatable bonds is 6. The van der Waals surface area contributed by atoms with Crippen LogP contribution in [-0.2, 0) is 28.9 Å². The lowest BCUT2D eigenvalue weighted by Crippen LogP contribution is -2.40. The fourth-order valence-electron chi connectivity index (χ4n) is 3.81. The van der Waals surface area contributed by atoms with Crippen molar-refractivity contribution in [2.75, 3.05) is 13.1 Å². The predicted octanol–water partition coefficient (Wildman–Crippen LogP) is 5.19. The number of hydrogen-bond donors (Lipinski definition) is 0. The van der Waals surface area contributed by atoms with Crippen molar-refractivity contribution >= 4 is 39.1 Å². The lowest BCUT2D eigenvalue weighted by molar-refractivity contribution is -0.142. The second kappa shape index (κ2) is 10.5. The van der Waals surface area contributed by atoms with Crippen molar-refractivity contribution in [3.8, 4) is 0 Å². The maximum Gasteiger partial charge on any atom is 0.435 e. The number of hydrogen-bond acceptors (Lipinski definition) is 6. The summed E-state index contributed by atoms with van der Waals surface area (Å²) in [6.45, 7) is 2.30. The lowest BCUT2D eigenvalue weighted by Gasteiger charge is -2.31. The molecule has 0 radical (unpaired) electrons. The quantitative estimate of drug-likeness (QED) is 0.381. The molecule has 0 atom stereocenters. The summed E-state index contributed by atoms with van der Waals surface area (Å²) in [5, 5.41) is 6.01. The number of esters is 1. The van der Waals surface area contributed by atoms with Gasteiger partial charge in [-0.15, -0.1) is 11.3 Å². The van der Waals surface area contributed by atoms with E-state index in [0.717, 1.165) is 25.8 Å². The highest BCUT2D eigenvalue weighted by atomic mass is 79.9. The van der Waals surface area contributed by atoms with Crippen molar-refractivity contribution < 1.29 is 27.5 Å². The highest BCUT2D eigenvalue weighted by Crippen LogP contribution is 2.31. The molecular formula is C23H22BrF3N4O3S. The number of nitrogens with zero attached hydrogens (tertiary/aromatic N) is 4. The summed E-state index contributed by atoms with van der Waals surface area (Å²) in [6, 6.07) is 8.41. The van der Waals surface area contributed by atoms with Gasteiger partial charge in [-0.3, -0.25) is 9.48 Å². The Balaban J connectivity index is 1.29. The van der Waals surface area contributed by atoms with Gasteiger partial charge in [-0.25, -0.2) is 9.78 Å². The van der Waals surface area contributed by atoms with Crippen LogP contribution in [-0.4, -0.2) is 44.6 Å². The van der Waals surface area contributed by atoms with Crippen LogP contribution in [0.1, 0.15) is 51.2 Å². The molecular weight excluding hydrogens is 549 g/mol. The summed E-state index contributed by atoms with van der Waals surface area (Å²) in [4.78, 5) is 31.1. The average molecular weight is 571 g/mol. The van der Waals surface area contributed by atoms with Gasteiger partial charge in [0, 0.05) is 40.1 Å². The Morgan fingerprint density at radius 3 is 2.60 bits per heavy atom. The van der Waals surface area contributed by atoms with Gasteiger partial charge in [0.1, 0.15) is 13.2 Å². The zero-order chi connectivity index (χ0) is 25.2. The first-order chi connectivity index (χ1) is 16.6. The Bertz CT molecular complexity index is 1220. The summed E-state index contributed by atoms with van der Waals surface area (Å²) in [5.74, 6) is -0.681. The molecule has 0 bridgehead atoms. The first-order valence-corrected chi connectivity index (χ1v) is 12.5. The monoisotopic (exact) mass is 570 g/mol. The van der Waals surface area contributed by atoms with Gasteiger partial charge in [-0.2, -0.15) is 18.3 Å². The number of carbonyl (C=O) groups excluding carboxylic acids is 2. The normalized spacial score (nSPS) is 14.8. The Labute approximate surface area is 212 Å². The molecule has 0 unspecified atom stereocenters. The van der Waals surface area contributed by atoms with E-state index in [1.807, 2.05) is 24.3 Å². The molecule has 1 aromatic carbocycles. The minimum atomic E-state index is -4.55. The molecule has 7 nitrogen and oxygen atoms in total. The van der Waals surface area contributed by atoms with Crippen LogP contribution in [0.15, 0.2) is 40.2 Å². The molecule has 186 valence electrons. The number of benzene rings is 1. The molecule has 1 fully saturated rings. The summed E-state index contributed by atoms with van der Waals surface area (Å²) < 4.78 is 45.9. The van der Waals surface area contributed by atoms with Crippen LogP contribution in [0.2, 0.25) is 0 Å². The molecule has 12 heteroatoms. The number of piperidine rings is 1. The fraction of sp³-hybridized carbons (Fsp3) is 0.391. The van der Waals surface area contributed by atoms with Crippen molar-refractivity contribution in [3.63, 3.8) is 0 Å². The van der Waals surface area contributed by atoms with E-state index < -0.39 is 17.8 Å². The van der Waals surface area contributed by atoms with Gasteiger partial charge in [0.05, 0.1) is 5.01 Å². The van der Waals surface area contributed by atoms with Crippen molar-refractivity contribution in [2.24, 2.45) is 0 Å². The van der Waals surface area contributed by atoms with Crippen LogP contribution in [0.25, 0.3) is 0 Å². The van der Waals surface area contributed by atoms with Gasteiger partial charge in [0.25, 0.3) is 0 Å². The standard InChI is InChI=1S/C23H22BrF3N4O3S/c1-14-10-19(23(25,26)27)29-31(14)11-20(32)30-8-6-15(7-9-30)21-28-18(13-35-21)22(33)34-12-16-4-2-3-5-17(16)24/h2-5,10,13,15H,6-9,11-12H2,1H3.